The molecule has 36 heavy (non-hydrogen) atoms. The van der Waals surface area contributed by atoms with Crippen molar-refractivity contribution in [3.63, 3.8) is 0 Å². The minimum atomic E-state index is -0.962. The third-order valence-electron chi connectivity index (χ3n) is 7.99. The van der Waals surface area contributed by atoms with Crippen LogP contribution < -0.4 is 4.74 Å². The Kier molecular flexibility index (Phi) is 7.28. The summed E-state index contributed by atoms with van der Waals surface area (Å²) in [6, 6.07) is 21.6. The number of methoxy groups -OCH3 is 1. The van der Waals surface area contributed by atoms with Gasteiger partial charge in [0.25, 0.3) is 0 Å². The van der Waals surface area contributed by atoms with Crippen LogP contribution in [0.5, 0.6) is 5.75 Å². The lowest BCUT2D eigenvalue weighted by Gasteiger charge is -2.46. The summed E-state index contributed by atoms with van der Waals surface area (Å²) in [6.07, 6.45) is 1.60. The number of ether oxygens (including phenoxy) is 2. The van der Waals surface area contributed by atoms with Gasteiger partial charge in [0, 0.05) is 38.6 Å². The Morgan fingerprint density at radius 2 is 1.72 bits per heavy atom. The molecule has 1 saturated heterocycles. The molecule has 2 aliphatic rings. The highest BCUT2D eigenvalue weighted by Crippen LogP contribution is 2.44. The van der Waals surface area contributed by atoms with E-state index in [2.05, 4.69) is 47.2 Å². The van der Waals surface area contributed by atoms with Crippen molar-refractivity contribution in [2.45, 2.75) is 31.0 Å². The van der Waals surface area contributed by atoms with E-state index in [0.717, 1.165) is 43.7 Å². The number of nitrogens with zero attached hydrogens (tertiary/aromatic N) is 2. The smallest absolute Gasteiger partial charge is 0.338 e. The van der Waals surface area contributed by atoms with Crippen molar-refractivity contribution in [2.75, 3.05) is 46.9 Å². The van der Waals surface area contributed by atoms with Crippen LogP contribution in [0.15, 0.2) is 66.7 Å². The number of hydrogen-bond acceptors (Lipinski definition) is 6. The van der Waals surface area contributed by atoms with Crippen LogP contribution >= 0.6 is 0 Å². The van der Waals surface area contributed by atoms with Gasteiger partial charge in [0.15, 0.2) is 0 Å². The molecule has 1 heterocycles. The molecule has 0 radical (unpaired) electrons. The Labute approximate surface area is 213 Å². The maximum Gasteiger partial charge on any atom is 0.338 e. The normalized spacial score (nSPS) is 25.5. The summed E-state index contributed by atoms with van der Waals surface area (Å²) in [5, 5.41) is 14.5. The first-order valence-corrected chi connectivity index (χ1v) is 12.9. The molecule has 6 nitrogen and oxygen atoms in total. The topological polar surface area (TPSA) is 62.2 Å². The molecule has 3 atom stereocenters. The van der Waals surface area contributed by atoms with Gasteiger partial charge in [0.1, 0.15) is 11.9 Å². The molecule has 1 aliphatic heterocycles. The highest BCUT2D eigenvalue weighted by Gasteiger charge is 2.45. The zero-order chi connectivity index (χ0) is 25.1. The monoisotopic (exact) mass is 488 g/mol. The number of esters is 1. The first-order valence-electron chi connectivity index (χ1n) is 12.9. The second kappa shape index (κ2) is 10.6. The second-order valence-electron chi connectivity index (χ2n) is 10.3. The van der Waals surface area contributed by atoms with Crippen LogP contribution in [-0.2, 0) is 10.3 Å². The molecule has 0 bridgehead atoms. The summed E-state index contributed by atoms with van der Waals surface area (Å²) >= 11 is 0. The van der Waals surface area contributed by atoms with Crippen molar-refractivity contribution >= 4 is 16.7 Å². The van der Waals surface area contributed by atoms with Gasteiger partial charge in [-0.05, 0) is 73.0 Å². The zero-order valence-electron chi connectivity index (χ0n) is 21.2. The van der Waals surface area contributed by atoms with E-state index in [0.29, 0.717) is 30.6 Å². The molecule has 1 aliphatic carbocycles. The van der Waals surface area contributed by atoms with E-state index in [1.165, 1.54) is 5.39 Å². The summed E-state index contributed by atoms with van der Waals surface area (Å²) in [6.45, 7) is 4.80. The Balaban J connectivity index is 1.36. The van der Waals surface area contributed by atoms with E-state index in [1.807, 2.05) is 12.1 Å². The molecule has 0 aromatic heterocycles. The number of benzene rings is 3. The highest BCUT2D eigenvalue weighted by atomic mass is 16.5. The van der Waals surface area contributed by atoms with E-state index in [1.54, 1.807) is 31.4 Å². The van der Waals surface area contributed by atoms with Gasteiger partial charge in [0.2, 0.25) is 0 Å². The molecule has 1 N–H and O–H groups in total. The van der Waals surface area contributed by atoms with Crippen molar-refractivity contribution in [3.8, 4) is 5.75 Å². The van der Waals surface area contributed by atoms with E-state index >= 15 is 0 Å². The van der Waals surface area contributed by atoms with Crippen LogP contribution in [0.4, 0.5) is 0 Å². The lowest BCUT2D eigenvalue weighted by atomic mass is 9.70. The molecule has 1 saturated carbocycles. The van der Waals surface area contributed by atoms with E-state index in [4.69, 9.17) is 9.47 Å². The maximum atomic E-state index is 12.9. The molecular weight excluding hydrogens is 452 g/mol. The lowest BCUT2D eigenvalue weighted by molar-refractivity contribution is -0.100. The fraction of sp³-hybridized carbons (Fsp3) is 0.433. The van der Waals surface area contributed by atoms with E-state index < -0.39 is 5.60 Å². The quantitative estimate of drug-likeness (QED) is 0.522. The number of carbonyl (C=O) groups excluding carboxylic acids is 1. The number of carbonyl (C=O) groups is 1. The molecule has 2 fully saturated rings. The first kappa shape index (κ1) is 24.8. The number of piperazine rings is 1. The third kappa shape index (κ3) is 5.26. The van der Waals surface area contributed by atoms with Crippen molar-refractivity contribution in [2.24, 2.45) is 5.92 Å². The van der Waals surface area contributed by atoms with Gasteiger partial charge in [-0.3, -0.25) is 0 Å². The van der Waals surface area contributed by atoms with Gasteiger partial charge in [-0.25, -0.2) is 4.79 Å². The second-order valence-corrected chi connectivity index (χ2v) is 10.3. The SMILES string of the molecule is COc1ccc(C(=O)OC2CCC(O)(c3ccc4ccccc4c3)C(CN3CCN(C)CC3)C2)cc1. The minimum Gasteiger partial charge on any atom is -0.497 e. The van der Waals surface area contributed by atoms with Gasteiger partial charge in [-0.15, -0.1) is 0 Å². The third-order valence-corrected chi connectivity index (χ3v) is 7.99. The van der Waals surface area contributed by atoms with Crippen molar-refractivity contribution in [1.29, 1.82) is 0 Å². The van der Waals surface area contributed by atoms with E-state index in [9.17, 15) is 9.90 Å². The zero-order valence-corrected chi connectivity index (χ0v) is 21.2. The standard InChI is InChI=1S/C30H36N2O4/c1-31-15-17-32(18-16-31)21-26-20-28(36-29(33)23-8-11-27(35-2)12-9-23)13-14-30(26,34)25-10-7-22-5-3-4-6-24(22)19-25/h3-12,19,26,28,34H,13-18,20-21H2,1-2H3. The molecule has 0 amide bonds. The minimum absolute atomic E-state index is 0.0375. The number of fused-ring (bicyclic) bond motifs is 1. The van der Waals surface area contributed by atoms with Crippen molar-refractivity contribution in [1.82, 2.24) is 9.80 Å². The lowest BCUT2D eigenvalue weighted by Crippen LogP contribution is -2.52. The maximum absolute atomic E-state index is 12.9. The molecule has 3 aromatic carbocycles. The van der Waals surface area contributed by atoms with Gasteiger partial charge in [-0.1, -0.05) is 36.4 Å². The summed E-state index contributed by atoms with van der Waals surface area (Å²) in [4.78, 5) is 17.7. The molecule has 3 unspecified atom stereocenters. The average Bonchev–Trinajstić information content (AvgIpc) is 2.91. The molecule has 0 spiro atoms. The van der Waals surface area contributed by atoms with Crippen LogP contribution in [0.3, 0.4) is 0 Å². The Morgan fingerprint density at radius 1 is 1.00 bits per heavy atom. The van der Waals surface area contributed by atoms with Gasteiger partial charge < -0.3 is 24.4 Å². The van der Waals surface area contributed by atoms with Crippen LogP contribution in [-0.4, -0.2) is 73.9 Å². The number of likely N-dealkylation sites (N-methyl/N-ethyl adjacent to an activating group) is 1. The Bertz CT molecular complexity index is 1190. The predicted octanol–water partition coefficient (Wildman–Crippen LogP) is 4.31. The van der Waals surface area contributed by atoms with Crippen LogP contribution in [0.2, 0.25) is 0 Å². The highest BCUT2D eigenvalue weighted by molar-refractivity contribution is 5.89. The summed E-state index contributed by atoms with van der Waals surface area (Å²) in [5.74, 6) is 0.346. The fourth-order valence-electron chi connectivity index (χ4n) is 5.68. The molecule has 6 heteroatoms. The molecule has 5 rings (SSSR count). The van der Waals surface area contributed by atoms with Crippen molar-refractivity contribution in [3.05, 3.63) is 77.9 Å². The van der Waals surface area contributed by atoms with Crippen LogP contribution in [0.25, 0.3) is 10.8 Å². The van der Waals surface area contributed by atoms with Crippen LogP contribution in [0.1, 0.15) is 35.2 Å². The fourth-order valence-corrected chi connectivity index (χ4v) is 5.68. The molecule has 3 aromatic rings. The summed E-state index contributed by atoms with van der Waals surface area (Å²) in [7, 11) is 3.75. The van der Waals surface area contributed by atoms with Crippen molar-refractivity contribution < 1.29 is 19.4 Å². The number of aliphatic hydroxyl groups is 1. The molecular formula is C30H36N2O4. The van der Waals surface area contributed by atoms with Gasteiger partial charge in [0.05, 0.1) is 18.3 Å². The van der Waals surface area contributed by atoms with Crippen LogP contribution in [0, 0.1) is 5.92 Å². The summed E-state index contributed by atoms with van der Waals surface area (Å²) < 4.78 is 11.2. The van der Waals surface area contributed by atoms with Gasteiger partial charge in [-0.2, -0.15) is 0 Å². The molecule has 190 valence electrons. The predicted molar refractivity (Wildman–Crippen MR) is 141 cm³/mol. The summed E-state index contributed by atoms with van der Waals surface area (Å²) in [5.41, 5.74) is 0.512. The average molecular weight is 489 g/mol. The largest absolute Gasteiger partial charge is 0.497 e. The Hall–Kier alpha value is -2.93. The van der Waals surface area contributed by atoms with E-state index in [-0.39, 0.29) is 18.0 Å². The number of hydrogen-bond donors (Lipinski definition) is 1. The Morgan fingerprint density at radius 3 is 2.44 bits per heavy atom. The van der Waals surface area contributed by atoms with Gasteiger partial charge >= 0.3 is 5.97 Å². The number of rotatable bonds is 6. The first-order chi connectivity index (χ1) is 17.4.